The van der Waals surface area contributed by atoms with Crippen LogP contribution in [0.2, 0.25) is 5.02 Å². The fourth-order valence-corrected chi connectivity index (χ4v) is 1.64. The molecular formula is C10H13ClFNO. The first-order valence-electron chi connectivity index (χ1n) is 4.36. The lowest BCUT2D eigenvalue weighted by Crippen LogP contribution is -2.11. The van der Waals surface area contributed by atoms with Crippen molar-refractivity contribution in [3.8, 4) is 5.75 Å². The Kier molecular flexibility index (Phi) is 3.34. The minimum absolute atomic E-state index is 0.108. The Morgan fingerprint density at radius 1 is 1.64 bits per heavy atom. The first kappa shape index (κ1) is 11.3. The van der Waals surface area contributed by atoms with E-state index >= 15 is 0 Å². The predicted octanol–water partition coefficient (Wildman–Crippen LogP) is 2.56. The molecule has 1 rings (SSSR count). The molecular weight excluding hydrogens is 205 g/mol. The Hall–Kier alpha value is -0.800. The summed E-state index contributed by atoms with van der Waals surface area (Å²) in [6.45, 7) is 3.90. The van der Waals surface area contributed by atoms with E-state index in [9.17, 15) is 9.50 Å². The number of nitrogens with two attached hydrogens (primary N) is 1. The van der Waals surface area contributed by atoms with E-state index in [4.69, 9.17) is 17.3 Å². The fourth-order valence-electron chi connectivity index (χ4n) is 1.44. The number of aromatic hydroxyl groups is 1. The molecule has 0 aromatic heterocycles. The molecule has 4 heteroatoms. The monoisotopic (exact) mass is 217 g/mol. The molecule has 1 aromatic rings. The van der Waals surface area contributed by atoms with Crippen LogP contribution in [0, 0.1) is 12.7 Å². The van der Waals surface area contributed by atoms with Gasteiger partial charge in [-0.25, -0.2) is 4.39 Å². The zero-order valence-electron chi connectivity index (χ0n) is 8.14. The molecule has 14 heavy (non-hydrogen) atoms. The molecule has 1 unspecified atom stereocenters. The Balaban J connectivity index is 3.39. The van der Waals surface area contributed by atoms with Crippen LogP contribution in [0.5, 0.6) is 5.75 Å². The second kappa shape index (κ2) is 4.15. The van der Waals surface area contributed by atoms with E-state index in [0.29, 0.717) is 22.7 Å². The zero-order valence-corrected chi connectivity index (χ0v) is 8.90. The highest BCUT2D eigenvalue weighted by Gasteiger charge is 2.18. The van der Waals surface area contributed by atoms with E-state index in [0.717, 1.165) is 6.07 Å². The maximum atomic E-state index is 13.1. The van der Waals surface area contributed by atoms with E-state index in [-0.39, 0.29) is 11.7 Å². The quantitative estimate of drug-likeness (QED) is 0.800. The first-order chi connectivity index (χ1) is 6.49. The molecule has 0 radical (unpaired) electrons. The number of phenols is 1. The van der Waals surface area contributed by atoms with Crippen LogP contribution in [0.3, 0.4) is 0 Å². The molecule has 0 fully saturated rings. The predicted molar refractivity (Wildman–Crippen MR) is 55.3 cm³/mol. The van der Waals surface area contributed by atoms with E-state index in [1.54, 1.807) is 6.92 Å². The third-order valence-corrected chi connectivity index (χ3v) is 2.74. The highest BCUT2D eigenvalue weighted by atomic mass is 35.5. The van der Waals surface area contributed by atoms with Gasteiger partial charge in [0, 0.05) is 10.6 Å². The summed E-state index contributed by atoms with van der Waals surface area (Å²) in [5.41, 5.74) is 6.65. The van der Waals surface area contributed by atoms with Crippen molar-refractivity contribution in [3.63, 3.8) is 0 Å². The van der Waals surface area contributed by atoms with Crippen LogP contribution in [0.25, 0.3) is 0 Å². The van der Waals surface area contributed by atoms with Crippen LogP contribution >= 0.6 is 11.6 Å². The molecule has 1 atom stereocenters. The number of hydrogen-bond donors (Lipinski definition) is 2. The molecule has 0 spiro atoms. The smallest absolute Gasteiger partial charge is 0.166 e. The van der Waals surface area contributed by atoms with Crippen LogP contribution in [0.1, 0.15) is 24.0 Å². The van der Waals surface area contributed by atoms with Gasteiger partial charge in [-0.2, -0.15) is 0 Å². The van der Waals surface area contributed by atoms with Gasteiger partial charge < -0.3 is 10.8 Å². The number of halogens is 2. The minimum Gasteiger partial charge on any atom is -0.505 e. The van der Waals surface area contributed by atoms with Crippen molar-refractivity contribution in [1.29, 1.82) is 0 Å². The van der Waals surface area contributed by atoms with Crippen molar-refractivity contribution >= 4 is 11.6 Å². The van der Waals surface area contributed by atoms with Gasteiger partial charge in [-0.05, 0) is 31.0 Å². The van der Waals surface area contributed by atoms with Gasteiger partial charge in [-0.1, -0.05) is 18.5 Å². The standard InChI is InChI=1S/C10H13ClFNO/c1-5(4-13)9-6(2)7(11)3-8(12)10(9)14/h3,5,14H,4,13H2,1-2H3. The van der Waals surface area contributed by atoms with Crippen LogP contribution in [-0.4, -0.2) is 11.7 Å². The van der Waals surface area contributed by atoms with Crippen molar-refractivity contribution in [2.75, 3.05) is 6.54 Å². The van der Waals surface area contributed by atoms with Gasteiger partial charge in [0.25, 0.3) is 0 Å². The summed E-state index contributed by atoms with van der Waals surface area (Å²) in [7, 11) is 0. The summed E-state index contributed by atoms with van der Waals surface area (Å²) in [6, 6.07) is 1.11. The SMILES string of the molecule is Cc1c(Cl)cc(F)c(O)c1C(C)CN. The van der Waals surface area contributed by atoms with Crippen molar-refractivity contribution in [2.45, 2.75) is 19.8 Å². The van der Waals surface area contributed by atoms with Crippen LogP contribution in [0.4, 0.5) is 4.39 Å². The average Bonchev–Trinajstić information content (AvgIpc) is 2.15. The third-order valence-electron chi connectivity index (χ3n) is 2.34. The number of hydrogen-bond acceptors (Lipinski definition) is 2. The lowest BCUT2D eigenvalue weighted by atomic mass is 9.95. The van der Waals surface area contributed by atoms with Crippen molar-refractivity contribution in [1.82, 2.24) is 0 Å². The Labute approximate surface area is 87.5 Å². The lowest BCUT2D eigenvalue weighted by Gasteiger charge is -2.15. The normalized spacial score (nSPS) is 12.9. The highest BCUT2D eigenvalue weighted by Crippen LogP contribution is 2.35. The topological polar surface area (TPSA) is 46.2 Å². The zero-order chi connectivity index (χ0) is 10.9. The van der Waals surface area contributed by atoms with E-state index in [1.165, 1.54) is 0 Å². The van der Waals surface area contributed by atoms with Gasteiger partial charge in [-0.3, -0.25) is 0 Å². The number of rotatable bonds is 2. The average molecular weight is 218 g/mol. The second-order valence-corrected chi connectivity index (χ2v) is 3.77. The third kappa shape index (κ3) is 1.83. The summed E-state index contributed by atoms with van der Waals surface area (Å²) in [6.07, 6.45) is 0. The highest BCUT2D eigenvalue weighted by molar-refractivity contribution is 6.31. The summed E-state index contributed by atoms with van der Waals surface area (Å²) in [4.78, 5) is 0. The maximum Gasteiger partial charge on any atom is 0.166 e. The van der Waals surface area contributed by atoms with E-state index in [1.807, 2.05) is 6.92 Å². The molecule has 0 saturated heterocycles. The van der Waals surface area contributed by atoms with Gasteiger partial charge in [0.1, 0.15) is 0 Å². The van der Waals surface area contributed by atoms with Gasteiger partial charge in [0.15, 0.2) is 11.6 Å². The van der Waals surface area contributed by atoms with Gasteiger partial charge in [0.2, 0.25) is 0 Å². The minimum atomic E-state index is -0.698. The second-order valence-electron chi connectivity index (χ2n) is 3.36. The molecule has 0 heterocycles. The van der Waals surface area contributed by atoms with Crippen LogP contribution in [-0.2, 0) is 0 Å². The largest absolute Gasteiger partial charge is 0.505 e. The van der Waals surface area contributed by atoms with Gasteiger partial charge >= 0.3 is 0 Å². The molecule has 0 aliphatic carbocycles. The summed E-state index contributed by atoms with van der Waals surface area (Å²) >= 11 is 5.80. The molecule has 78 valence electrons. The van der Waals surface area contributed by atoms with Crippen LogP contribution in [0.15, 0.2) is 6.07 Å². The van der Waals surface area contributed by atoms with Gasteiger partial charge in [0.05, 0.1) is 0 Å². The molecule has 0 aliphatic heterocycles. The Bertz CT molecular complexity index is 328. The fraction of sp³-hybridized carbons (Fsp3) is 0.400. The summed E-state index contributed by atoms with van der Waals surface area (Å²) in [5, 5.41) is 9.83. The Morgan fingerprint density at radius 3 is 2.71 bits per heavy atom. The first-order valence-corrected chi connectivity index (χ1v) is 4.74. The molecule has 2 nitrogen and oxygen atoms in total. The molecule has 3 N–H and O–H groups in total. The van der Waals surface area contributed by atoms with E-state index in [2.05, 4.69) is 0 Å². The summed E-state index contributed by atoms with van der Waals surface area (Å²) in [5.74, 6) is -1.15. The molecule has 1 aromatic carbocycles. The molecule has 0 bridgehead atoms. The van der Waals surface area contributed by atoms with Crippen molar-refractivity contribution < 1.29 is 9.50 Å². The number of phenolic OH excluding ortho intramolecular Hbond substituents is 1. The van der Waals surface area contributed by atoms with Crippen molar-refractivity contribution in [3.05, 3.63) is 28.0 Å². The maximum absolute atomic E-state index is 13.1. The van der Waals surface area contributed by atoms with E-state index < -0.39 is 5.82 Å². The Morgan fingerprint density at radius 2 is 2.21 bits per heavy atom. The number of benzene rings is 1. The lowest BCUT2D eigenvalue weighted by molar-refractivity contribution is 0.421. The van der Waals surface area contributed by atoms with Crippen molar-refractivity contribution in [2.24, 2.45) is 5.73 Å². The molecule has 0 saturated carbocycles. The summed E-state index contributed by atoms with van der Waals surface area (Å²) < 4.78 is 13.1. The van der Waals surface area contributed by atoms with Gasteiger partial charge in [-0.15, -0.1) is 0 Å². The van der Waals surface area contributed by atoms with Crippen LogP contribution < -0.4 is 5.73 Å². The molecule has 0 amide bonds. The molecule has 0 aliphatic rings.